The van der Waals surface area contributed by atoms with Crippen molar-refractivity contribution >= 4 is 50.6 Å². The van der Waals surface area contributed by atoms with E-state index < -0.39 is 0 Å². The minimum absolute atomic E-state index is 0.366. The molecular formula is C19H20BrIN2O4. The van der Waals surface area contributed by atoms with Gasteiger partial charge in [-0.15, -0.1) is 0 Å². The lowest BCUT2D eigenvalue weighted by atomic mass is 10.2. The van der Waals surface area contributed by atoms with Crippen molar-refractivity contribution in [3.63, 3.8) is 0 Å². The molecule has 2 rings (SSSR count). The van der Waals surface area contributed by atoms with Crippen LogP contribution >= 0.6 is 38.5 Å². The molecule has 1 N–H and O–H groups in total. The molecule has 8 heteroatoms. The predicted octanol–water partition coefficient (Wildman–Crippen LogP) is 4.62. The van der Waals surface area contributed by atoms with Crippen molar-refractivity contribution in [3.05, 3.63) is 49.5 Å². The smallest absolute Gasteiger partial charge is 0.275 e. The molecule has 0 saturated carbocycles. The third kappa shape index (κ3) is 5.83. The second-order valence-electron chi connectivity index (χ2n) is 5.24. The van der Waals surface area contributed by atoms with E-state index in [1.165, 1.54) is 7.11 Å². The minimum atomic E-state index is -0.366. The fourth-order valence-corrected chi connectivity index (χ4v) is 3.44. The highest BCUT2D eigenvalue weighted by Crippen LogP contribution is 2.33. The Morgan fingerprint density at radius 3 is 2.59 bits per heavy atom. The summed E-state index contributed by atoms with van der Waals surface area (Å²) in [5.41, 5.74) is 3.69. The summed E-state index contributed by atoms with van der Waals surface area (Å²) in [5, 5.41) is 4.05. The first-order valence-electron chi connectivity index (χ1n) is 8.26. The van der Waals surface area contributed by atoms with Crippen LogP contribution in [-0.2, 0) is 0 Å². The number of hydrogen-bond acceptors (Lipinski definition) is 5. The van der Waals surface area contributed by atoms with Gasteiger partial charge >= 0.3 is 0 Å². The Morgan fingerprint density at radius 2 is 1.93 bits per heavy atom. The van der Waals surface area contributed by atoms with Crippen LogP contribution in [-0.4, -0.2) is 32.4 Å². The van der Waals surface area contributed by atoms with Gasteiger partial charge in [-0.25, -0.2) is 5.43 Å². The van der Waals surface area contributed by atoms with Gasteiger partial charge in [0.1, 0.15) is 5.75 Å². The minimum Gasteiger partial charge on any atom is -0.496 e. The average molecular weight is 547 g/mol. The molecule has 0 spiro atoms. The third-order valence-corrected chi connectivity index (χ3v) is 4.70. The van der Waals surface area contributed by atoms with E-state index >= 15 is 0 Å². The topological polar surface area (TPSA) is 69.2 Å². The Hall–Kier alpha value is -1.81. The fourth-order valence-electron chi connectivity index (χ4n) is 2.29. The lowest BCUT2D eigenvalue weighted by molar-refractivity contribution is 0.0952. The number of nitrogens with zero attached hydrogens (tertiary/aromatic N) is 1. The van der Waals surface area contributed by atoms with Crippen molar-refractivity contribution in [2.75, 3.05) is 20.3 Å². The molecule has 0 atom stereocenters. The zero-order valence-electron chi connectivity index (χ0n) is 15.2. The van der Waals surface area contributed by atoms with E-state index in [9.17, 15) is 4.79 Å². The predicted molar refractivity (Wildman–Crippen MR) is 117 cm³/mol. The molecule has 2 aromatic rings. The summed E-state index contributed by atoms with van der Waals surface area (Å²) in [6, 6.07) is 8.92. The molecule has 0 bridgehead atoms. The first-order valence-corrected chi connectivity index (χ1v) is 10.1. The number of nitrogens with one attached hydrogen (secondary N) is 1. The van der Waals surface area contributed by atoms with Crippen molar-refractivity contribution in [3.8, 4) is 17.2 Å². The van der Waals surface area contributed by atoms with Gasteiger partial charge in [0.05, 0.1) is 35.7 Å². The summed E-state index contributed by atoms with van der Waals surface area (Å²) in [4.78, 5) is 12.4. The highest BCUT2D eigenvalue weighted by atomic mass is 127. The zero-order valence-corrected chi connectivity index (χ0v) is 19.0. The van der Waals surface area contributed by atoms with Crippen molar-refractivity contribution in [1.82, 2.24) is 5.43 Å². The second-order valence-corrected chi connectivity index (χ2v) is 7.32. The number of carbonyl (C=O) groups is 1. The number of hydrogen-bond donors (Lipinski definition) is 1. The molecule has 0 aliphatic heterocycles. The quantitative estimate of drug-likeness (QED) is 0.298. The fraction of sp³-hybridized carbons (Fsp3) is 0.263. The first-order chi connectivity index (χ1) is 13.0. The van der Waals surface area contributed by atoms with Crippen LogP contribution in [0.4, 0.5) is 0 Å². The van der Waals surface area contributed by atoms with Crippen LogP contribution in [0.5, 0.6) is 17.2 Å². The lowest BCUT2D eigenvalue weighted by Gasteiger charge is -2.13. The number of hydrazone groups is 1. The number of amides is 1. The highest BCUT2D eigenvalue weighted by molar-refractivity contribution is 14.1. The van der Waals surface area contributed by atoms with Gasteiger partial charge in [0.2, 0.25) is 0 Å². The van der Waals surface area contributed by atoms with E-state index in [0.29, 0.717) is 36.0 Å². The molecule has 27 heavy (non-hydrogen) atoms. The standard InChI is InChI=1S/C19H20BrIN2O4/c1-4-26-17-9-12(8-15(21)18(17)27-5-2)11-22-23-19(24)14-10-13(20)6-7-16(14)25-3/h6-11H,4-5H2,1-3H3,(H,23,24)/b22-11-. The monoisotopic (exact) mass is 546 g/mol. The molecule has 0 aliphatic carbocycles. The molecule has 0 fully saturated rings. The number of rotatable bonds is 8. The maximum atomic E-state index is 12.4. The Bertz CT molecular complexity index is 843. The molecule has 6 nitrogen and oxygen atoms in total. The molecular weight excluding hydrogens is 527 g/mol. The Balaban J connectivity index is 2.18. The van der Waals surface area contributed by atoms with E-state index in [1.807, 2.05) is 26.0 Å². The van der Waals surface area contributed by atoms with E-state index in [2.05, 4.69) is 49.0 Å². The summed E-state index contributed by atoms with van der Waals surface area (Å²) in [6.45, 7) is 4.91. The number of carbonyl (C=O) groups excluding carboxylic acids is 1. The van der Waals surface area contributed by atoms with Gasteiger partial charge < -0.3 is 14.2 Å². The summed E-state index contributed by atoms with van der Waals surface area (Å²) in [7, 11) is 1.51. The van der Waals surface area contributed by atoms with Crippen LogP contribution in [0.15, 0.2) is 39.9 Å². The second kappa shape index (κ2) is 10.5. The van der Waals surface area contributed by atoms with Gasteiger partial charge in [-0.05, 0) is 72.3 Å². The SMILES string of the molecule is CCOc1cc(/C=N\NC(=O)c2cc(Br)ccc2OC)cc(I)c1OCC. The molecule has 0 unspecified atom stereocenters. The maximum absolute atomic E-state index is 12.4. The largest absolute Gasteiger partial charge is 0.496 e. The van der Waals surface area contributed by atoms with E-state index in [1.54, 1.807) is 24.4 Å². The van der Waals surface area contributed by atoms with Crippen molar-refractivity contribution in [2.45, 2.75) is 13.8 Å². The molecule has 144 valence electrons. The van der Waals surface area contributed by atoms with Gasteiger partial charge in [-0.3, -0.25) is 4.79 Å². The average Bonchev–Trinajstić information content (AvgIpc) is 2.64. The van der Waals surface area contributed by atoms with E-state index in [-0.39, 0.29) is 5.91 Å². The lowest BCUT2D eigenvalue weighted by Crippen LogP contribution is -2.18. The van der Waals surface area contributed by atoms with Gasteiger partial charge in [-0.1, -0.05) is 15.9 Å². The van der Waals surface area contributed by atoms with Crippen LogP contribution in [0.2, 0.25) is 0 Å². The Morgan fingerprint density at radius 1 is 1.19 bits per heavy atom. The summed E-state index contributed by atoms with van der Waals surface area (Å²) in [5.74, 6) is 1.46. The molecule has 0 aliphatic rings. The molecule has 0 radical (unpaired) electrons. The Kier molecular flexibility index (Phi) is 8.36. The molecule has 0 saturated heterocycles. The van der Waals surface area contributed by atoms with Crippen LogP contribution in [0.25, 0.3) is 0 Å². The summed E-state index contributed by atoms with van der Waals surface area (Å²) < 4.78 is 18.2. The van der Waals surface area contributed by atoms with Gasteiger partial charge in [0, 0.05) is 4.47 Å². The van der Waals surface area contributed by atoms with Crippen molar-refractivity contribution < 1.29 is 19.0 Å². The number of halogens is 2. The molecule has 1 amide bonds. The van der Waals surface area contributed by atoms with Gasteiger partial charge in [0.15, 0.2) is 11.5 Å². The van der Waals surface area contributed by atoms with Crippen LogP contribution < -0.4 is 19.6 Å². The van der Waals surface area contributed by atoms with Gasteiger partial charge in [0.25, 0.3) is 5.91 Å². The summed E-state index contributed by atoms with van der Waals surface area (Å²) in [6.07, 6.45) is 1.56. The molecule has 0 heterocycles. The number of benzene rings is 2. The van der Waals surface area contributed by atoms with Crippen LogP contribution in [0.1, 0.15) is 29.8 Å². The van der Waals surface area contributed by atoms with E-state index in [0.717, 1.165) is 13.6 Å². The Labute approximate surface area is 180 Å². The number of methoxy groups -OCH3 is 1. The van der Waals surface area contributed by atoms with Gasteiger partial charge in [-0.2, -0.15) is 5.10 Å². The summed E-state index contributed by atoms with van der Waals surface area (Å²) >= 11 is 5.53. The normalized spacial score (nSPS) is 10.7. The third-order valence-electron chi connectivity index (χ3n) is 3.41. The van der Waals surface area contributed by atoms with Crippen LogP contribution in [0, 0.1) is 3.57 Å². The highest BCUT2D eigenvalue weighted by Gasteiger charge is 2.13. The van der Waals surface area contributed by atoms with Crippen LogP contribution in [0.3, 0.4) is 0 Å². The van der Waals surface area contributed by atoms with Crippen molar-refractivity contribution in [2.24, 2.45) is 5.10 Å². The van der Waals surface area contributed by atoms with E-state index in [4.69, 9.17) is 14.2 Å². The first kappa shape index (κ1) is 21.5. The number of ether oxygens (including phenoxy) is 3. The maximum Gasteiger partial charge on any atom is 0.275 e. The van der Waals surface area contributed by atoms with Crippen molar-refractivity contribution in [1.29, 1.82) is 0 Å². The molecule has 2 aromatic carbocycles. The molecule has 0 aromatic heterocycles. The zero-order chi connectivity index (χ0) is 19.8.